The second kappa shape index (κ2) is 7.85. The van der Waals surface area contributed by atoms with E-state index < -0.39 is 12.1 Å². The van der Waals surface area contributed by atoms with Gasteiger partial charge in [-0.2, -0.15) is 0 Å². The molecule has 2 rings (SSSR count). The Kier molecular flexibility index (Phi) is 5.52. The lowest BCUT2D eigenvalue weighted by molar-refractivity contribution is 0.138. The highest BCUT2D eigenvalue weighted by atomic mass is 16.5. The summed E-state index contributed by atoms with van der Waals surface area (Å²) in [5, 5.41) is 2.50. The summed E-state index contributed by atoms with van der Waals surface area (Å²) in [5.41, 5.74) is 1.84. The molecule has 1 radical (unpaired) electrons. The zero-order valence-electron chi connectivity index (χ0n) is 11.5. The lowest BCUT2D eigenvalue weighted by Crippen LogP contribution is -2.37. The number of carbonyl (C=O) groups is 1. The molecular weight excluding hydrogens is 266 g/mol. The standard InChI is InChI=1S/C17H16NO3/c19-12-16(11-14-7-3-1-4-8-14)18-17(20)21-13-15-9-5-2-6-10-15/h1-10,16H,11,13H2,(H,18,20)/t16-/m0/s1. The van der Waals surface area contributed by atoms with Crippen molar-refractivity contribution in [1.29, 1.82) is 0 Å². The fraction of sp³-hybridized carbons (Fsp3) is 0.176. The van der Waals surface area contributed by atoms with Gasteiger partial charge in [-0.25, -0.2) is 4.79 Å². The number of amides is 1. The number of hydrogen-bond acceptors (Lipinski definition) is 3. The third-order valence-corrected chi connectivity index (χ3v) is 2.93. The quantitative estimate of drug-likeness (QED) is 0.886. The van der Waals surface area contributed by atoms with Gasteiger partial charge < -0.3 is 10.1 Å². The molecule has 4 heteroatoms. The SMILES string of the molecule is O=[C][C@H](Cc1ccccc1)NC(=O)OCc1ccccc1. The van der Waals surface area contributed by atoms with Crippen molar-refractivity contribution in [3.05, 3.63) is 71.8 Å². The molecule has 1 atom stereocenters. The lowest BCUT2D eigenvalue weighted by atomic mass is 10.1. The lowest BCUT2D eigenvalue weighted by Gasteiger charge is -2.12. The van der Waals surface area contributed by atoms with E-state index in [4.69, 9.17) is 4.74 Å². The van der Waals surface area contributed by atoms with Gasteiger partial charge in [0.2, 0.25) is 6.29 Å². The molecule has 4 nitrogen and oxygen atoms in total. The number of rotatable bonds is 6. The highest BCUT2D eigenvalue weighted by molar-refractivity contribution is 5.73. The molecule has 21 heavy (non-hydrogen) atoms. The predicted octanol–water partition coefficient (Wildman–Crippen LogP) is 2.63. The second-order valence-corrected chi connectivity index (χ2v) is 4.57. The van der Waals surface area contributed by atoms with Crippen molar-refractivity contribution in [2.45, 2.75) is 19.1 Å². The van der Waals surface area contributed by atoms with E-state index in [9.17, 15) is 9.59 Å². The molecule has 107 valence electrons. The Morgan fingerprint density at radius 2 is 1.57 bits per heavy atom. The first-order valence-corrected chi connectivity index (χ1v) is 6.67. The first kappa shape index (κ1) is 14.8. The third-order valence-electron chi connectivity index (χ3n) is 2.93. The van der Waals surface area contributed by atoms with Gasteiger partial charge in [0.05, 0.1) is 0 Å². The van der Waals surface area contributed by atoms with Crippen LogP contribution in [0.5, 0.6) is 0 Å². The van der Waals surface area contributed by atoms with Crippen LogP contribution in [-0.4, -0.2) is 18.4 Å². The van der Waals surface area contributed by atoms with Crippen molar-refractivity contribution in [3.8, 4) is 0 Å². The van der Waals surface area contributed by atoms with Crippen LogP contribution in [0.3, 0.4) is 0 Å². The van der Waals surface area contributed by atoms with Crippen molar-refractivity contribution in [3.63, 3.8) is 0 Å². The van der Waals surface area contributed by atoms with Gasteiger partial charge in [-0.3, -0.25) is 4.79 Å². The van der Waals surface area contributed by atoms with E-state index in [1.807, 2.05) is 66.9 Å². The van der Waals surface area contributed by atoms with Crippen LogP contribution in [-0.2, 0) is 22.6 Å². The van der Waals surface area contributed by atoms with Crippen molar-refractivity contribution < 1.29 is 14.3 Å². The van der Waals surface area contributed by atoms with E-state index in [1.54, 1.807) is 0 Å². The van der Waals surface area contributed by atoms with Crippen LogP contribution in [0.4, 0.5) is 4.79 Å². The minimum atomic E-state index is -0.712. The summed E-state index contributed by atoms with van der Waals surface area (Å²) in [5.74, 6) is 0. The summed E-state index contributed by atoms with van der Waals surface area (Å²) in [7, 11) is 0. The number of alkyl carbamates (subject to hydrolysis) is 1. The molecule has 0 aliphatic carbocycles. The average Bonchev–Trinajstić information content (AvgIpc) is 2.54. The minimum Gasteiger partial charge on any atom is -0.445 e. The van der Waals surface area contributed by atoms with E-state index in [-0.39, 0.29) is 6.61 Å². The van der Waals surface area contributed by atoms with Gasteiger partial charge in [0.1, 0.15) is 12.6 Å². The number of benzene rings is 2. The molecule has 0 saturated carbocycles. The molecule has 2 aromatic rings. The van der Waals surface area contributed by atoms with Gasteiger partial charge in [0, 0.05) is 6.42 Å². The van der Waals surface area contributed by atoms with Crippen LogP contribution >= 0.6 is 0 Å². The molecule has 0 aromatic heterocycles. The van der Waals surface area contributed by atoms with Gasteiger partial charge in [0.25, 0.3) is 0 Å². The Balaban J connectivity index is 1.81. The Morgan fingerprint density at radius 1 is 1.00 bits per heavy atom. The van der Waals surface area contributed by atoms with E-state index in [0.29, 0.717) is 6.42 Å². The summed E-state index contributed by atoms with van der Waals surface area (Å²) in [6, 6.07) is 18.1. The van der Waals surface area contributed by atoms with E-state index in [0.717, 1.165) is 11.1 Å². The van der Waals surface area contributed by atoms with E-state index in [1.165, 1.54) is 0 Å². The van der Waals surface area contributed by atoms with Gasteiger partial charge >= 0.3 is 6.09 Å². The van der Waals surface area contributed by atoms with Gasteiger partial charge in [-0.15, -0.1) is 0 Å². The minimum absolute atomic E-state index is 0.170. The Labute approximate surface area is 123 Å². The molecule has 0 unspecified atom stereocenters. The van der Waals surface area contributed by atoms with Gasteiger partial charge in [0.15, 0.2) is 0 Å². The van der Waals surface area contributed by atoms with Crippen LogP contribution in [0.2, 0.25) is 0 Å². The largest absolute Gasteiger partial charge is 0.445 e. The first-order chi connectivity index (χ1) is 10.3. The normalized spacial score (nSPS) is 11.4. The van der Waals surface area contributed by atoms with Crippen molar-refractivity contribution in [2.75, 3.05) is 0 Å². The monoisotopic (exact) mass is 282 g/mol. The molecular formula is C17H16NO3. The molecule has 0 heterocycles. The molecule has 1 N–H and O–H groups in total. The highest BCUT2D eigenvalue weighted by Gasteiger charge is 2.13. The molecule has 0 aliphatic heterocycles. The fourth-order valence-corrected chi connectivity index (χ4v) is 1.88. The summed E-state index contributed by atoms with van der Waals surface area (Å²) in [6.45, 7) is 0.170. The van der Waals surface area contributed by atoms with Gasteiger partial charge in [-0.1, -0.05) is 60.7 Å². The highest BCUT2D eigenvalue weighted by Crippen LogP contribution is 2.03. The molecule has 0 spiro atoms. The topological polar surface area (TPSA) is 55.4 Å². The smallest absolute Gasteiger partial charge is 0.408 e. The first-order valence-electron chi connectivity index (χ1n) is 6.67. The third kappa shape index (κ3) is 5.10. The molecule has 0 bridgehead atoms. The number of ether oxygens (including phenoxy) is 1. The maximum Gasteiger partial charge on any atom is 0.408 e. The molecule has 0 fully saturated rings. The molecule has 1 amide bonds. The molecule has 0 saturated heterocycles. The molecule has 2 aromatic carbocycles. The molecule has 0 aliphatic rings. The van der Waals surface area contributed by atoms with Crippen LogP contribution in [0.1, 0.15) is 11.1 Å². The van der Waals surface area contributed by atoms with Crippen LogP contribution in [0.25, 0.3) is 0 Å². The summed E-state index contributed by atoms with van der Waals surface area (Å²) in [4.78, 5) is 22.6. The van der Waals surface area contributed by atoms with Crippen molar-refractivity contribution in [1.82, 2.24) is 5.32 Å². The Morgan fingerprint density at radius 3 is 2.14 bits per heavy atom. The summed E-state index contributed by atoms with van der Waals surface area (Å²) in [6.07, 6.45) is 1.59. The van der Waals surface area contributed by atoms with Crippen molar-refractivity contribution >= 4 is 12.4 Å². The predicted molar refractivity (Wildman–Crippen MR) is 79.4 cm³/mol. The Bertz CT molecular complexity index is 569. The average molecular weight is 282 g/mol. The summed E-state index contributed by atoms with van der Waals surface area (Å²) < 4.78 is 5.07. The van der Waals surface area contributed by atoms with Crippen LogP contribution in [0.15, 0.2) is 60.7 Å². The zero-order valence-corrected chi connectivity index (χ0v) is 11.5. The van der Waals surface area contributed by atoms with Crippen molar-refractivity contribution in [2.24, 2.45) is 0 Å². The maximum absolute atomic E-state index is 11.7. The second-order valence-electron chi connectivity index (χ2n) is 4.57. The zero-order chi connectivity index (χ0) is 14.9. The van der Waals surface area contributed by atoms with Crippen LogP contribution < -0.4 is 5.32 Å². The number of hydrogen-bond donors (Lipinski definition) is 1. The number of nitrogens with one attached hydrogen (secondary N) is 1. The Hall–Kier alpha value is -2.62. The maximum atomic E-state index is 11.7. The van der Waals surface area contributed by atoms with Gasteiger partial charge in [-0.05, 0) is 11.1 Å². The number of carbonyl (C=O) groups excluding carboxylic acids is 2. The van der Waals surface area contributed by atoms with E-state index >= 15 is 0 Å². The summed E-state index contributed by atoms with van der Waals surface area (Å²) >= 11 is 0. The fourth-order valence-electron chi connectivity index (χ4n) is 1.88. The van der Waals surface area contributed by atoms with E-state index in [2.05, 4.69) is 5.32 Å². The van der Waals surface area contributed by atoms with Crippen LogP contribution in [0, 0.1) is 0 Å².